The van der Waals surface area contributed by atoms with Gasteiger partial charge in [-0.1, -0.05) is 41.4 Å². The van der Waals surface area contributed by atoms with E-state index >= 15 is 0 Å². The second-order valence-corrected chi connectivity index (χ2v) is 5.47. The predicted molar refractivity (Wildman–Crippen MR) is 80.6 cm³/mol. The summed E-state index contributed by atoms with van der Waals surface area (Å²) < 4.78 is 0. The summed E-state index contributed by atoms with van der Waals surface area (Å²) in [6.45, 7) is 0. The molecular formula is C16H10Cl2O2. The molecular weight excluding hydrogens is 295 g/mol. The molecule has 0 aliphatic heterocycles. The van der Waals surface area contributed by atoms with Crippen molar-refractivity contribution in [2.45, 2.75) is 6.42 Å². The number of carbonyl (C=O) groups excluding carboxylic acids is 1. The minimum absolute atomic E-state index is 0.00769. The molecule has 1 aliphatic rings. The summed E-state index contributed by atoms with van der Waals surface area (Å²) in [6, 6.07) is 10.2. The van der Waals surface area contributed by atoms with Gasteiger partial charge in [0.05, 0.1) is 5.02 Å². The highest BCUT2D eigenvalue weighted by molar-refractivity contribution is 6.33. The van der Waals surface area contributed by atoms with Gasteiger partial charge in [-0.05, 0) is 35.4 Å². The molecule has 0 unspecified atom stereocenters. The molecule has 0 saturated heterocycles. The number of Topliss-reactive ketones (excluding diaryl/α,β-unsaturated/α-hetero) is 1. The van der Waals surface area contributed by atoms with Crippen molar-refractivity contribution in [3.8, 4) is 5.75 Å². The van der Waals surface area contributed by atoms with Crippen molar-refractivity contribution in [2.24, 2.45) is 0 Å². The molecule has 2 nitrogen and oxygen atoms in total. The van der Waals surface area contributed by atoms with Crippen LogP contribution in [0, 0.1) is 0 Å². The molecule has 0 bridgehead atoms. The van der Waals surface area contributed by atoms with Gasteiger partial charge in [-0.3, -0.25) is 4.79 Å². The molecule has 4 heteroatoms. The first-order valence-electron chi connectivity index (χ1n) is 6.07. The number of rotatable bonds is 1. The van der Waals surface area contributed by atoms with Gasteiger partial charge < -0.3 is 5.11 Å². The normalized spacial score (nSPS) is 15.7. The van der Waals surface area contributed by atoms with Crippen LogP contribution in [0.25, 0.3) is 6.08 Å². The monoisotopic (exact) mass is 304 g/mol. The quantitative estimate of drug-likeness (QED) is 0.786. The predicted octanol–water partition coefficient (Wildman–Crippen LogP) is 4.52. The summed E-state index contributed by atoms with van der Waals surface area (Å²) in [7, 11) is 0. The highest BCUT2D eigenvalue weighted by atomic mass is 35.5. The van der Waals surface area contributed by atoms with Crippen molar-refractivity contribution in [1.29, 1.82) is 0 Å². The Morgan fingerprint density at radius 1 is 1.10 bits per heavy atom. The van der Waals surface area contributed by atoms with Crippen LogP contribution in [-0.2, 0) is 6.42 Å². The molecule has 0 spiro atoms. The Balaban J connectivity index is 2.01. The number of phenols is 1. The molecule has 0 fully saturated rings. The number of aromatic hydroxyl groups is 1. The lowest BCUT2D eigenvalue weighted by molar-refractivity contribution is 0.104. The lowest BCUT2D eigenvalue weighted by Gasteiger charge is -2.00. The first-order chi connectivity index (χ1) is 9.56. The Bertz CT molecular complexity index is 748. The van der Waals surface area contributed by atoms with Crippen molar-refractivity contribution < 1.29 is 9.90 Å². The molecule has 3 rings (SSSR count). The second-order valence-electron chi connectivity index (χ2n) is 4.65. The summed E-state index contributed by atoms with van der Waals surface area (Å²) in [5.74, 6) is 0.0181. The molecule has 0 atom stereocenters. The lowest BCUT2D eigenvalue weighted by atomic mass is 10.1. The number of ketones is 1. The van der Waals surface area contributed by atoms with E-state index in [0.717, 1.165) is 11.1 Å². The Morgan fingerprint density at radius 2 is 1.90 bits per heavy atom. The molecule has 1 N–H and O–H groups in total. The molecule has 0 saturated carbocycles. The number of benzene rings is 2. The smallest absolute Gasteiger partial charge is 0.189 e. The van der Waals surface area contributed by atoms with Crippen LogP contribution in [-0.4, -0.2) is 10.9 Å². The van der Waals surface area contributed by atoms with Crippen LogP contribution >= 0.6 is 23.2 Å². The third-order valence-electron chi connectivity index (χ3n) is 3.33. The van der Waals surface area contributed by atoms with Crippen molar-refractivity contribution in [1.82, 2.24) is 0 Å². The molecule has 0 heterocycles. The largest absolute Gasteiger partial charge is 0.506 e. The van der Waals surface area contributed by atoms with E-state index in [4.69, 9.17) is 23.2 Å². The van der Waals surface area contributed by atoms with Gasteiger partial charge in [0.2, 0.25) is 0 Å². The van der Waals surface area contributed by atoms with E-state index < -0.39 is 0 Å². The molecule has 20 heavy (non-hydrogen) atoms. The topological polar surface area (TPSA) is 37.3 Å². The van der Waals surface area contributed by atoms with Gasteiger partial charge in [0.1, 0.15) is 5.75 Å². The zero-order valence-electron chi connectivity index (χ0n) is 10.4. The van der Waals surface area contributed by atoms with Crippen LogP contribution < -0.4 is 0 Å². The molecule has 1 aliphatic carbocycles. The van der Waals surface area contributed by atoms with E-state index in [9.17, 15) is 9.90 Å². The first kappa shape index (κ1) is 13.2. The Kier molecular flexibility index (Phi) is 3.28. The summed E-state index contributed by atoms with van der Waals surface area (Å²) in [5.41, 5.74) is 2.99. The zero-order chi connectivity index (χ0) is 14.3. The Morgan fingerprint density at radius 3 is 2.60 bits per heavy atom. The van der Waals surface area contributed by atoms with Crippen molar-refractivity contribution in [2.75, 3.05) is 0 Å². The van der Waals surface area contributed by atoms with Crippen molar-refractivity contribution in [3.05, 3.63) is 68.7 Å². The molecule has 100 valence electrons. The molecule has 0 amide bonds. The summed E-state index contributed by atoms with van der Waals surface area (Å²) in [6.07, 6.45) is 2.30. The van der Waals surface area contributed by atoms with Crippen molar-refractivity contribution >= 4 is 35.1 Å². The Labute approximate surface area is 126 Å². The minimum Gasteiger partial charge on any atom is -0.506 e. The SMILES string of the molecule is O=C1C(=Cc2ccc(O)c(Cl)c2)Cc2c(Cl)cccc21. The molecule has 0 aromatic heterocycles. The molecule has 0 radical (unpaired) electrons. The van der Waals surface area contributed by atoms with E-state index in [1.165, 1.54) is 6.07 Å². The van der Waals surface area contributed by atoms with E-state index in [2.05, 4.69) is 0 Å². The maximum absolute atomic E-state index is 12.3. The third kappa shape index (κ3) is 2.21. The Hall–Kier alpha value is -1.77. The van der Waals surface area contributed by atoms with E-state index in [1.807, 2.05) is 0 Å². The van der Waals surface area contributed by atoms with Crippen LogP contribution in [0.15, 0.2) is 42.0 Å². The average Bonchev–Trinajstić information content (AvgIpc) is 2.73. The molecule has 2 aromatic rings. The summed E-state index contributed by atoms with van der Waals surface area (Å²) in [4.78, 5) is 12.3. The number of phenolic OH excluding ortho intramolecular Hbond substituents is 1. The zero-order valence-corrected chi connectivity index (χ0v) is 11.9. The standard InChI is InChI=1S/C16H10Cl2O2/c17-13-3-1-2-11-12(13)8-10(16(11)20)6-9-4-5-15(19)14(18)7-9/h1-7,19H,8H2. The van der Waals surface area contributed by atoms with Crippen LogP contribution in [0.2, 0.25) is 10.0 Å². The lowest BCUT2D eigenvalue weighted by Crippen LogP contribution is -1.94. The summed E-state index contributed by atoms with van der Waals surface area (Å²) >= 11 is 12.0. The van der Waals surface area contributed by atoms with Gasteiger partial charge >= 0.3 is 0 Å². The van der Waals surface area contributed by atoms with Gasteiger partial charge in [-0.2, -0.15) is 0 Å². The third-order valence-corrected chi connectivity index (χ3v) is 3.99. The van der Waals surface area contributed by atoms with Crippen molar-refractivity contribution in [3.63, 3.8) is 0 Å². The highest BCUT2D eigenvalue weighted by Crippen LogP contribution is 2.33. The van der Waals surface area contributed by atoms with Crippen LogP contribution in [0.4, 0.5) is 0 Å². The number of hydrogen-bond donors (Lipinski definition) is 1. The number of fused-ring (bicyclic) bond motifs is 1. The maximum Gasteiger partial charge on any atom is 0.189 e. The average molecular weight is 305 g/mol. The van der Waals surface area contributed by atoms with Gasteiger partial charge in [-0.15, -0.1) is 0 Å². The fourth-order valence-electron chi connectivity index (χ4n) is 2.33. The van der Waals surface area contributed by atoms with E-state index in [-0.39, 0.29) is 16.6 Å². The van der Waals surface area contributed by atoms with E-state index in [0.29, 0.717) is 22.6 Å². The van der Waals surface area contributed by atoms with Crippen LogP contribution in [0.1, 0.15) is 21.5 Å². The number of allylic oxidation sites excluding steroid dienone is 1. The second kappa shape index (κ2) is 4.97. The first-order valence-corrected chi connectivity index (χ1v) is 6.83. The van der Waals surface area contributed by atoms with Crippen LogP contribution in [0.3, 0.4) is 0 Å². The van der Waals surface area contributed by atoms with Crippen LogP contribution in [0.5, 0.6) is 5.75 Å². The van der Waals surface area contributed by atoms with Gasteiger partial charge in [-0.25, -0.2) is 0 Å². The number of halogens is 2. The highest BCUT2D eigenvalue weighted by Gasteiger charge is 2.26. The fraction of sp³-hybridized carbons (Fsp3) is 0.0625. The number of carbonyl (C=O) groups is 1. The van der Waals surface area contributed by atoms with Gasteiger partial charge in [0.25, 0.3) is 0 Å². The maximum atomic E-state index is 12.3. The minimum atomic E-state index is -0.00769. The summed E-state index contributed by atoms with van der Waals surface area (Å²) in [5, 5.41) is 10.3. The van der Waals surface area contributed by atoms with E-state index in [1.54, 1.807) is 36.4 Å². The van der Waals surface area contributed by atoms with Gasteiger partial charge in [0.15, 0.2) is 5.78 Å². The molecule has 2 aromatic carbocycles. The van der Waals surface area contributed by atoms with Gasteiger partial charge in [0, 0.05) is 22.6 Å². The number of hydrogen-bond acceptors (Lipinski definition) is 2. The fourth-order valence-corrected chi connectivity index (χ4v) is 2.76.